The molecule has 2 N–H and O–H groups in total. The monoisotopic (exact) mass is 324 g/mol. The van der Waals surface area contributed by atoms with Crippen molar-refractivity contribution >= 4 is 5.91 Å². The van der Waals surface area contributed by atoms with Crippen molar-refractivity contribution in [3.05, 3.63) is 71.8 Å². The van der Waals surface area contributed by atoms with E-state index in [1.807, 2.05) is 44.3 Å². The molecule has 1 heterocycles. The summed E-state index contributed by atoms with van der Waals surface area (Å²) in [5.74, 6) is 0.123. The summed E-state index contributed by atoms with van der Waals surface area (Å²) in [4.78, 5) is 13.9. The molecule has 2 aliphatic rings. The first-order valence-corrected chi connectivity index (χ1v) is 8.34. The third kappa shape index (κ3) is 3.35. The molecule has 1 aromatic carbocycles. The van der Waals surface area contributed by atoms with Gasteiger partial charge in [-0.05, 0) is 18.1 Å². The van der Waals surface area contributed by atoms with E-state index in [0.29, 0.717) is 0 Å². The van der Waals surface area contributed by atoms with Crippen molar-refractivity contribution in [3.63, 3.8) is 0 Å². The van der Waals surface area contributed by atoms with E-state index < -0.39 is 0 Å². The molecule has 1 aliphatic heterocycles. The third-order valence-corrected chi connectivity index (χ3v) is 4.61. The van der Waals surface area contributed by atoms with Crippen LogP contribution in [0.5, 0.6) is 0 Å². The summed E-state index contributed by atoms with van der Waals surface area (Å²) >= 11 is 0. The number of rotatable bonds is 4. The molecule has 1 aliphatic carbocycles. The second-order valence-corrected chi connectivity index (χ2v) is 6.32. The number of nitrogens with zero attached hydrogens (tertiary/aromatic N) is 1. The maximum Gasteiger partial charge on any atom is 0.236 e. The van der Waals surface area contributed by atoms with E-state index >= 15 is 0 Å². The fraction of sp³-hybridized carbons (Fsp3) is 0.350. The zero-order valence-corrected chi connectivity index (χ0v) is 14.1. The summed E-state index contributed by atoms with van der Waals surface area (Å²) in [6.07, 6.45) is 10.8. The number of hydrogen-bond acceptors (Lipinski definition) is 3. The number of ether oxygens (including phenoxy) is 1. The van der Waals surface area contributed by atoms with Gasteiger partial charge in [-0.1, -0.05) is 60.7 Å². The minimum Gasteiger partial charge on any atom is -0.366 e. The number of carbonyl (C=O) groups is 1. The number of nitrogens with two attached hydrogens (primary N) is 1. The molecule has 0 radical (unpaired) electrons. The van der Waals surface area contributed by atoms with E-state index in [-0.39, 0.29) is 36.6 Å². The van der Waals surface area contributed by atoms with Crippen molar-refractivity contribution in [2.45, 2.75) is 25.2 Å². The van der Waals surface area contributed by atoms with Gasteiger partial charge in [0.15, 0.2) is 0 Å². The van der Waals surface area contributed by atoms with Gasteiger partial charge in [0.25, 0.3) is 0 Å². The largest absolute Gasteiger partial charge is 0.366 e. The van der Waals surface area contributed by atoms with Crippen LogP contribution in [0.25, 0.3) is 0 Å². The van der Waals surface area contributed by atoms with E-state index in [4.69, 9.17) is 10.5 Å². The highest BCUT2D eigenvalue weighted by Gasteiger charge is 2.29. The second-order valence-electron chi connectivity index (χ2n) is 6.32. The summed E-state index contributed by atoms with van der Waals surface area (Å²) in [6.45, 7) is 2.05. The van der Waals surface area contributed by atoms with Gasteiger partial charge in [0.2, 0.25) is 5.91 Å². The molecule has 126 valence electrons. The number of likely N-dealkylation sites (N-methyl/N-ethyl adjacent to an activating group) is 1. The van der Waals surface area contributed by atoms with Gasteiger partial charge >= 0.3 is 0 Å². The highest BCUT2D eigenvalue weighted by Crippen LogP contribution is 2.35. The van der Waals surface area contributed by atoms with Gasteiger partial charge in [0, 0.05) is 13.0 Å². The molecule has 0 fully saturated rings. The molecular formula is C20H24N2O2. The third-order valence-electron chi connectivity index (χ3n) is 4.61. The molecule has 0 bridgehead atoms. The first-order chi connectivity index (χ1) is 11.6. The topological polar surface area (TPSA) is 55.6 Å². The first kappa shape index (κ1) is 16.7. The predicted molar refractivity (Wildman–Crippen MR) is 95.2 cm³/mol. The van der Waals surface area contributed by atoms with Crippen LogP contribution < -0.4 is 5.73 Å². The molecule has 4 atom stereocenters. The molecule has 1 amide bonds. The van der Waals surface area contributed by atoms with Crippen LogP contribution in [-0.2, 0) is 9.53 Å². The Bertz CT molecular complexity index is 678. The molecule has 0 saturated carbocycles. The van der Waals surface area contributed by atoms with Crippen LogP contribution in [-0.4, -0.2) is 36.6 Å². The second kappa shape index (κ2) is 7.16. The molecule has 24 heavy (non-hydrogen) atoms. The molecule has 0 saturated heterocycles. The number of carbonyl (C=O) groups excluding carboxylic acids is 1. The molecule has 4 unspecified atom stereocenters. The summed E-state index contributed by atoms with van der Waals surface area (Å²) in [5.41, 5.74) is 7.75. The van der Waals surface area contributed by atoms with Crippen LogP contribution in [0.4, 0.5) is 0 Å². The fourth-order valence-electron chi connectivity index (χ4n) is 3.33. The van der Waals surface area contributed by atoms with Gasteiger partial charge in [-0.25, -0.2) is 0 Å². The van der Waals surface area contributed by atoms with E-state index in [1.165, 1.54) is 0 Å². The van der Waals surface area contributed by atoms with Crippen LogP contribution in [0.15, 0.2) is 66.3 Å². The molecule has 3 rings (SSSR count). The molecule has 0 spiro atoms. The van der Waals surface area contributed by atoms with E-state index in [1.54, 1.807) is 4.90 Å². The number of fused-ring (bicyclic) bond motifs is 1. The maximum absolute atomic E-state index is 12.2. The zero-order chi connectivity index (χ0) is 17.1. The Morgan fingerprint density at radius 1 is 1.25 bits per heavy atom. The highest BCUT2D eigenvalue weighted by atomic mass is 16.5. The van der Waals surface area contributed by atoms with E-state index in [2.05, 4.69) is 30.4 Å². The van der Waals surface area contributed by atoms with Gasteiger partial charge < -0.3 is 15.4 Å². The Hall–Kier alpha value is -2.17. The minimum absolute atomic E-state index is 0.00338. The number of benzene rings is 1. The summed E-state index contributed by atoms with van der Waals surface area (Å²) in [7, 11) is 1.81. The van der Waals surface area contributed by atoms with Crippen molar-refractivity contribution in [2.75, 3.05) is 13.6 Å². The lowest BCUT2D eigenvalue weighted by atomic mass is 9.86. The average molecular weight is 324 g/mol. The molecule has 4 heteroatoms. The van der Waals surface area contributed by atoms with Gasteiger partial charge in [-0.15, -0.1) is 0 Å². The minimum atomic E-state index is -0.146. The standard InChI is InChI=1S/C20H24N2O2/c1-14-8-9-16-12-17(10-11-18(16)24-14)20(22(2)19(23)13-21)15-6-4-3-5-7-15/h3-12,14,16,18,20H,13,21H2,1-2H3. The average Bonchev–Trinajstić information content (AvgIpc) is 2.62. The van der Waals surface area contributed by atoms with Crippen molar-refractivity contribution in [2.24, 2.45) is 11.7 Å². The van der Waals surface area contributed by atoms with Crippen LogP contribution in [0.2, 0.25) is 0 Å². The van der Waals surface area contributed by atoms with Crippen molar-refractivity contribution in [1.82, 2.24) is 4.90 Å². The van der Waals surface area contributed by atoms with Gasteiger partial charge in [-0.3, -0.25) is 4.79 Å². The van der Waals surface area contributed by atoms with Crippen LogP contribution in [0, 0.1) is 5.92 Å². The molecular weight excluding hydrogens is 300 g/mol. The van der Waals surface area contributed by atoms with Crippen molar-refractivity contribution in [1.29, 1.82) is 0 Å². The predicted octanol–water partition coefficient (Wildman–Crippen LogP) is 2.60. The van der Waals surface area contributed by atoms with Gasteiger partial charge in [0.05, 0.1) is 24.8 Å². The highest BCUT2D eigenvalue weighted by molar-refractivity contribution is 5.78. The van der Waals surface area contributed by atoms with Crippen molar-refractivity contribution in [3.8, 4) is 0 Å². The van der Waals surface area contributed by atoms with Crippen LogP contribution >= 0.6 is 0 Å². The fourth-order valence-corrected chi connectivity index (χ4v) is 3.33. The summed E-state index contributed by atoms with van der Waals surface area (Å²) in [5, 5.41) is 0. The normalized spacial score (nSPS) is 26.5. The van der Waals surface area contributed by atoms with Gasteiger partial charge in [0.1, 0.15) is 0 Å². The van der Waals surface area contributed by atoms with Crippen LogP contribution in [0.1, 0.15) is 18.5 Å². The maximum atomic E-state index is 12.2. The van der Waals surface area contributed by atoms with E-state index in [0.717, 1.165) is 11.1 Å². The first-order valence-electron chi connectivity index (χ1n) is 8.34. The number of hydrogen-bond donors (Lipinski definition) is 1. The summed E-state index contributed by atoms with van der Waals surface area (Å²) < 4.78 is 5.93. The molecule has 1 aromatic rings. The Labute approximate surface area is 143 Å². The smallest absolute Gasteiger partial charge is 0.236 e. The van der Waals surface area contributed by atoms with Crippen LogP contribution in [0.3, 0.4) is 0 Å². The Kier molecular flexibility index (Phi) is 4.97. The summed E-state index contributed by atoms with van der Waals surface area (Å²) in [6, 6.07) is 9.90. The van der Waals surface area contributed by atoms with E-state index in [9.17, 15) is 4.79 Å². The lowest BCUT2D eigenvalue weighted by Crippen LogP contribution is -2.37. The number of amides is 1. The zero-order valence-electron chi connectivity index (χ0n) is 14.1. The lowest BCUT2D eigenvalue weighted by Gasteiger charge is -2.35. The SMILES string of the molecule is CC1C=CC2C=C(C(c3ccccc3)N(C)C(=O)CN)C=CC2O1. The Balaban J connectivity index is 1.96. The Morgan fingerprint density at radius 3 is 2.71 bits per heavy atom. The van der Waals surface area contributed by atoms with Crippen molar-refractivity contribution < 1.29 is 9.53 Å². The molecule has 0 aromatic heterocycles. The Morgan fingerprint density at radius 2 is 2.00 bits per heavy atom. The van der Waals surface area contributed by atoms with Gasteiger partial charge in [-0.2, -0.15) is 0 Å². The molecule has 4 nitrogen and oxygen atoms in total. The quantitative estimate of drug-likeness (QED) is 0.866. The lowest BCUT2D eigenvalue weighted by molar-refractivity contribution is -0.129.